The fourth-order valence-electron chi connectivity index (χ4n) is 4.30. The maximum absolute atomic E-state index is 13.2. The highest BCUT2D eigenvalue weighted by molar-refractivity contribution is 7.89. The summed E-state index contributed by atoms with van der Waals surface area (Å²) in [4.78, 5) is 15.0. The lowest BCUT2D eigenvalue weighted by Gasteiger charge is -2.36. The van der Waals surface area contributed by atoms with Crippen molar-refractivity contribution in [3.8, 4) is 5.75 Å². The number of rotatable bonds is 4. The van der Waals surface area contributed by atoms with Gasteiger partial charge in [0, 0.05) is 31.2 Å². The van der Waals surface area contributed by atoms with Gasteiger partial charge in [0.25, 0.3) is 0 Å². The summed E-state index contributed by atoms with van der Waals surface area (Å²) in [6, 6.07) is 12.2. The first-order valence-corrected chi connectivity index (χ1v) is 11.8. The highest BCUT2D eigenvalue weighted by Crippen LogP contribution is 2.35. The molecule has 0 saturated carbocycles. The number of nitrogens with zero attached hydrogens (tertiary/aromatic N) is 2. The molecule has 32 heavy (non-hydrogen) atoms. The molecule has 2 aromatic rings. The van der Waals surface area contributed by atoms with E-state index in [0.29, 0.717) is 43.5 Å². The number of fused-ring (bicyclic) bond motifs is 1. The van der Waals surface area contributed by atoms with Gasteiger partial charge in [0.1, 0.15) is 5.75 Å². The average Bonchev–Trinajstić information content (AvgIpc) is 2.77. The number of hydrogen-bond acceptors (Lipinski definition) is 4. The number of piperidine rings is 1. The van der Waals surface area contributed by atoms with Crippen molar-refractivity contribution < 1.29 is 31.1 Å². The number of ether oxygens (including phenoxy) is 1. The number of benzene rings is 2. The largest absolute Gasteiger partial charge is 0.573 e. The second-order valence-electron chi connectivity index (χ2n) is 7.92. The highest BCUT2D eigenvalue weighted by atomic mass is 32.2. The van der Waals surface area contributed by atoms with Gasteiger partial charge in [0.05, 0.1) is 4.90 Å². The Morgan fingerprint density at radius 1 is 1.00 bits per heavy atom. The van der Waals surface area contributed by atoms with Gasteiger partial charge in [-0.25, -0.2) is 8.42 Å². The van der Waals surface area contributed by atoms with Crippen molar-refractivity contribution in [2.24, 2.45) is 5.92 Å². The maximum atomic E-state index is 13.2. The monoisotopic (exact) mass is 468 g/mol. The SMILES string of the molecule is O=C(C1CCN(S(=O)(=O)c2ccccc2)CC1)N1CCCc2cc(OC(F)(F)F)ccc21. The summed E-state index contributed by atoms with van der Waals surface area (Å²) in [6.07, 6.45) is -2.79. The zero-order valence-corrected chi connectivity index (χ0v) is 18.0. The molecular weight excluding hydrogens is 445 g/mol. The summed E-state index contributed by atoms with van der Waals surface area (Å²) in [5.74, 6) is -0.758. The van der Waals surface area contributed by atoms with Gasteiger partial charge in [-0.2, -0.15) is 4.31 Å². The molecule has 0 atom stereocenters. The van der Waals surface area contributed by atoms with Crippen LogP contribution in [0.25, 0.3) is 0 Å². The third-order valence-corrected chi connectivity index (χ3v) is 7.77. The van der Waals surface area contributed by atoms with E-state index < -0.39 is 16.4 Å². The molecular formula is C22H23F3N2O4S. The van der Waals surface area contributed by atoms with Crippen molar-refractivity contribution in [2.45, 2.75) is 36.9 Å². The molecule has 2 aliphatic rings. The van der Waals surface area contributed by atoms with Crippen LogP contribution in [0.15, 0.2) is 53.4 Å². The lowest BCUT2D eigenvalue weighted by atomic mass is 9.94. The van der Waals surface area contributed by atoms with Gasteiger partial charge >= 0.3 is 6.36 Å². The smallest absolute Gasteiger partial charge is 0.406 e. The van der Waals surface area contributed by atoms with Gasteiger partial charge in [0.15, 0.2) is 0 Å². The fraction of sp³-hybridized carbons (Fsp3) is 0.409. The van der Waals surface area contributed by atoms with E-state index in [4.69, 9.17) is 0 Å². The zero-order valence-electron chi connectivity index (χ0n) is 17.2. The Labute approximate surface area is 184 Å². The number of alkyl halides is 3. The molecule has 10 heteroatoms. The van der Waals surface area contributed by atoms with Crippen LogP contribution in [0.4, 0.5) is 18.9 Å². The van der Waals surface area contributed by atoms with Crippen LogP contribution >= 0.6 is 0 Å². The summed E-state index contributed by atoms with van der Waals surface area (Å²) < 4.78 is 68.5. The minimum Gasteiger partial charge on any atom is -0.406 e. The second-order valence-corrected chi connectivity index (χ2v) is 9.86. The summed E-state index contributed by atoms with van der Waals surface area (Å²) in [7, 11) is -3.60. The lowest BCUT2D eigenvalue weighted by molar-refractivity contribution is -0.274. The van der Waals surface area contributed by atoms with Crippen LogP contribution in [0, 0.1) is 5.92 Å². The molecule has 2 aliphatic heterocycles. The average molecular weight is 468 g/mol. The van der Waals surface area contributed by atoms with Crippen molar-refractivity contribution in [3.05, 3.63) is 54.1 Å². The van der Waals surface area contributed by atoms with Gasteiger partial charge in [-0.15, -0.1) is 13.2 Å². The maximum Gasteiger partial charge on any atom is 0.573 e. The van der Waals surface area contributed by atoms with Crippen LogP contribution in [-0.4, -0.2) is 44.6 Å². The third-order valence-electron chi connectivity index (χ3n) is 5.85. The summed E-state index contributed by atoms with van der Waals surface area (Å²) in [6.45, 7) is 0.965. The van der Waals surface area contributed by atoms with Gasteiger partial charge in [-0.05, 0) is 61.6 Å². The first-order chi connectivity index (χ1) is 15.1. The standard InChI is InChI=1S/C22H23F3N2O4S/c23-22(24,25)31-18-8-9-20-17(15-18)5-4-12-27(20)21(28)16-10-13-26(14-11-16)32(29,30)19-6-2-1-3-7-19/h1-3,6-9,15-16H,4-5,10-14H2. The topological polar surface area (TPSA) is 66.9 Å². The van der Waals surface area contributed by atoms with Crippen LogP contribution in [-0.2, 0) is 21.2 Å². The van der Waals surface area contributed by atoms with Gasteiger partial charge in [0.2, 0.25) is 15.9 Å². The first-order valence-electron chi connectivity index (χ1n) is 10.4. The molecule has 1 fully saturated rings. The van der Waals surface area contributed by atoms with Crippen LogP contribution < -0.4 is 9.64 Å². The van der Waals surface area contributed by atoms with E-state index in [-0.39, 0.29) is 35.6 Å². The molecule has 4 rings (SSSR count). The summed E-state index contributed by atoms with van der Waals surface area (Å²) in [5, 5.41) is 0. The van der Waals surface area contributed by atoms with Crippen LogP contribution in [0.3, 0.4) is 0 Å². The van der Waals surface area contributed by atoms with Crippen LogP contribution in [0.2, 0.25) is 0 Å². The van der Waals surface area contributed by atoms with Crippen LogP contribution in [0.5, 0.6) is 5.75 Å². The minimum atomic E-state index is -4.77. The van der Waals surface area contributed by atoms with E-state index in [1.54, 1.807) is 35.2 Å². The lowest BCUT2D eigenvalue weighted by Crippen LogP contribution is -2.45. The van der Waals surface area contributed by atoms with E-state index in [0.717, 1.165) is 0 Å². The number of carbonyl (C=O) groups is 1. The van der Waals surface area contributed by atoms with Crippen molar-refractivity contribution in [3.63, 3.8) is 0 Å². The number of hydrogen-bond donors (Lipinski definition) is 0. The second kappa shape index (κ2) is 8.74. The molecule has 0 unspecified atom stereocenters. The zero-order chi connectivity index (χ0) is 22.9. The molecule has 2 aromatic carbocycles. The fourth-order valence-corrected chi connectivity index (χ4v) is 5.80. The number of anilines is 1. The van der Waals surface area contributed by atoms with Crippen molar-refractivity contribution in [1.29, 1.82) is 0 Å². The minimum absolute atomic E-state index is 0.118. The van der Waals surface area contributed by atoms with Crippen molar-refractivity contribution in [1.82, 2.24) is 4.31 Å². The molecule has 1 saturated heterocycles. The summed E-state index contributed by atoms with van der Waals surface area (Å²) in [5.41, 5.74) is 1.23. The number of sulfonamides is 1. The Kier molecular flexibility index (Phi) is 6.17. The molecule has 1 amide bonds. The van der Waals surface area contributed by atoms with E-state index in [2.05, 4.69) is 4.74 Å². The van der Waals surface area contributed by atoms with E-state index in [1.807, 2.05) is 0 Å². The number of aryl methyl sites for hydroxylation is 1. The Hall–Kier alpha value is -2.59. The predicted molar refractivity (Wildman–Crippen MR) is 112 cm³/mol. The quantitative estimate of drug-likeness (QED) is 0.681. The summed E-state index contributed by atoms with van der Waals surface area (Å²) >= 11 is 0. The molecule has 6 nitrogen and oxygen atoms in total. The van der Waals surface area contributed by atoms with Gasteiger partial charge in [-0.3, -0.25) is 4.79 Å². The molecule has 0 N–H and O–H groups in total. The van der Waals surface area contributed by atoms with E-state index in [1.165, 1.54) is 22.5 Å². The normalized spacial score (nSPS) is 18.3. The molecule has 172 valence electrons. The molecule has 0 aliphatic carbocycles. The Morgan fingerprint density at radius 2 is 1.69 bits per heavy atom. The van der Waals surface area contributed by atoms with Crippen molar-refractivity contribution in [2.75, 3.05) is 24.5 Å². The Balaban J connectivity index is 1.44. The number of halogens is 3. The van der Waals surface area contributed by atoms with Gasteiger partial charge in [-0.1, -0.05) is 18.2 Å². The van der Waals surface area contributed by atoms with Crippen LogP contribution in [0.1, 0.15) is 24.8 Å². The Bertz CT molecular complexity index is 1080. The van der Waals surface area contributed by atoms with E-state index in [9.17, 15) is 26.4 Å². The molecule has 0 spiro atoms. The Morgan fingerprint density at radius 3 is 2.34 bits per heavy atom. The number of amides is 1. The number of carbonyl (C=O) groups excluding carboxylic acids is 1. The molecule has 0 aromatic heterocycles. The molecule has 0 radical (unpaired) electrons. The van der Waals surface area contributed by atoms with Gasteiger partial charge < -0.3 is 9.64 Å². The van der Waals surface area contributed by atoms with Crippen molar-refractivity contribution >= 4 is 21.6 Å². The third kappa shape index (κ3) is 4.75. The first kappa shape index (κ1) is 22.6. The highest BCUT2D eigenvalue weighted by Gasteiger charge is 2.36. The molecule has 2 heterocycles. The predicted octanol–water partition coefficient (Wildman–Crippen LogP) is 3.97. The van der Waals surface area contributed by atoms with E-state index >= 15 is 0 Å². The molecule has 0 bridgehead atoms.